The SMILES string of the molecule is COc1cccc([C@@H]2O[C@@H](CC(=O)O)c3nnc(C(F)(F)F)n3-c3ccc(Cl)cc32)c1C(C)C. The lowest BCUT2D eigenvalue weighted by Gasteiger charge is -2.26. The van der Waals surface area contributed by atoms with Crippen LogP contribution in [0.15, 0.2) is 36.4 Å². The van der Waals surface area contributed by atoms with E-state index in [0.717, 1.165) is 10.1 Å². The van der Waals surface area contributed by atoms with Crippen molar-refractivity contribution in [2.75, 3.05) is 7.11 Å². The quantitative estimate of drug-likeness (QED) is 0.488. The fourth-order valence-electron chi connectivity index (χ4n) is 4.29. The second kappa shape index (κ2) is 8.92. The molecule has 2 atom stereocenters. The largest absolute Gasteiger partial charge is 0.496 e. The normalized spacial score (nSPS) is 17.8. The predicted octanol–water partition coefficient (Wildman–Crippen LogP) is 5.71. The molecule has 1 N–H and O–H groups in total. The third-order valence-electron chi connectivity index (χ3n) is 5.58. The summed E-state index contributed by atoms with van der Waals surface area (Å²) in [5, 5.41) is 16.8. The molecule has 0 fully saturated rings. The number of fused-ring (bicyclic) bond motifs is 3. The van der Waals surface area contributed by atoms with Gasteiger partial charge in [-0.2, -0.15) is 13.2 Å². The van der Waals surface area contributed by atoms with Gasteiger partial charge in [-0.05, 0) is 35.7 Å². The van der Waals surface area contributed by atoms with Gasteiger partial charge in [0.25, 0.3) is 0 Å². The number of carboxylic acids is 1. The Labute approximate surface area is 198 Å². The molecule has 0 saturated heterocycles. The van der Waals surface area contributed by atoms with E-state index >= 15 is 0 Å². The number of aromatic nitrogens is 3. The van der Waals surface area contributed by atoms with Crippen LogP contribution in [0.5, 0.6) is 5.75 Å². The van der Waals surface area contributed by atoms with Gasteiger partial charge in [0, 0.05) is 16.1 Å². The first-order chi connectivity index (χ1) is 16.0. The van der Waals surface area contributed by atoms with Gasteiger partial charge in [0.15, 0.2) is 5.82 Å². The monoisotopic (exact) mass is 495 g/mol. The third kappa shape index (κ3) is 4.23. The average Bonchev–Trinajstić information content (AvgIpc) is 3.16. The van der Waals surface area contributed by atoms with Crippen molar-refractivity contribution in [1.82, 2.24) is 14.8 Å². The van der Waals surface area contributed by atoms with Gasteiger partial charge in [-0.1, -0.05) is 37.6 Å². The number of ether oxygens (including phenoxy) is 2. The van der Waals surface area contributed by atoms with Gasteiger partial charge < -0.3 is 14.6 Å². The Balaban J connectivity index is 2.05. The molecule has 1 aliphatic rings. The number of alkyl halides is 3. The number of hydrogen-bond donors (Lipinski definition) is 1. The summed E-state index contributed by atoms with van der Waals surface area (Å²) < 4.78 is 54.2. The summed E-state index contributed by atoms with van der Waals surface area (Å²) in [5.41, 5.74) is 1.83. The summed E-state index contributed by atoms with van der Waals surface area (Å²) in [7, 11) is 1.52. The lowest BCUT2D eigenvalue weighted by Crippen LogP contribution is -2.17. The average molecular weight is 496 g/mol. The van der Waals surface area contributed by atoms with Crippen LogP contribution in [0.1, 0.15) is 66.7 Å². The van der Waals surface area contributed by atoms with Crippen LogP contribution in [0.4, 0.5) is 13.2 Å². The minimum atomic E-state index is -4.84. The highest BCUT2D eigenvalue weighted by molar-refractivity contribution is 6.30. The summed E-state index contributed by atoms with van der Waals surface area (Å²) in [6.45, 7) is 3.89. The highest BCUT2D eigenvalue weighted by Crippen LogP contribution is 2.46. The van der Waals surface area contributed by atoms with Crippen molar-refractivity contribution in [3.63, 3.8) is 0 Å². The third-order valence-corrected chi connectivity index (χ3v) is 5.82. The van der Waals surface area contributed by atoms with E-state index in [9.17, 15) is 23.1 Å². The first-order valence-electron chi connectivity index (χ1n) is 10.4. The van der Waals surface area contributed by atoms with Crippen molar-refractivity contribution in [3.8, 4) is 11.4 Å². The van der Waals surface area contributed by atoms with Gasteiger partial charge in [0.1, 0.15) is 18.0 Å². The number of methoxy groups -OCH3 is 1. The van der Waals surface area contributed by atoms with E-state index in [-0.39, 0.29) is 22.5 Å². The standard InChI is InChI=1S/C23H21ClF3N3O4/c1-11(2)19-13(5-4-6-16(19)33-3)20-14-9-12(24)7-8-15(14)30-21(17(34-20)10-18(31)32)28-29-22(30)23(25,26)27/h4-9,11,17,20H,10H2,1-3H3,(H,31,32)/t17-,20-/m0/s1. The van der Waals surface area contributed by atoms with Gasteiger partial charge >= 0.3 is 12.1 Å². The van der Waals surface area contributed by atoms with Crippen LogP contribution in [0, 0.1) is 0 Å². The molecule has 7 nitrogen and oxygen atoms in total. The van der Waals surface area contributed by atoms with Crippen LogP contribution < -0.4 is 4.74 Å². The van der Waals surface area contributed by atoms with Gasteiger partial charge in [0.05, 0.1) is 19.2 Å². The number of benzene rings is 2. The molecule has 0 saturated carbocycles. The molecule has 180 valence electrons. The van der Waals surface area contributed by atoms with Gasteiger partial charge in [-0.25, -0.2) is 0 Å². The maximum absolute atomic E-state index is 13.9. The summed E-state index contributed by atoms with van der Waals surface area (Å²) in [5.74, 6) is -2.25. The van der Waals surface area contributed by atoms with Crippen LogP contribution in [0.2, 0.25) is 5.02 Å². The highest BCUT2D eigenvalue weighted by Gasteiger charge is 2.43. The molecule has 0 radical (unpaired) electrons. The topological polar surface area (TPSA) is 86.5 Å². The zero-order valence-corrected chi connectivity index (χ0v) is 19.2. The Bertz CT molecular complexity index is 1240. The summed E-state index contributed by atoms with van der Waals surface area (Å²) in [6.07, 6.45) is -7.72. The number of aliphatic carboxylic acids is 1. The molecule has 0 bridgehead atoms. The van der Waals surface area contributed by atoms with E-state index in [0.29, 0.717) is 16.9 Å². The molecular weight excluding hydrogens is 475 g/mol. The molecule has 0 amide bonds. The van der Waals surface area contributed by atoms with Crippen LogP contribution in [0.3, 0.4) is 0 Å². The van der Waals surface area contributed by atoms with Crippen molar-refractivity contribution in [2.24, 2.45) is 0 Å². The van der Waals surface area contributed by atoms with Crippen LogP contribution >= 0.6 is 11.6 Å². The Kier molecular flexibility index (Phi) is 6.30. The van der Waals surface area contributed by atoms with Crippen molar-refractivity contribution in [2.45, 2.75) is 44.6 Å². The van der Waals surface area contributed by atoms with Crippen LogP contribution in [-0.2, 0) is 15.7 Å². The number of nitrogens with zero attached hydrogens (tertiary/aromatic N) is 3. The Morgan fingerprint density at radius 3 is 2.59 bits per heavy atom. The summed E-state index contributed by atoms with van der Waals surface area (Å²) >= 11 is 6.26. The maximum atomic E-state index is 13.9. The fourth-order valence-corrected chi connectivity index (χ4v) is 4.47. The van der Waals surface area contributed by atoms with E-state index in [1.807, 2.05) is 13.8 Å². The van der Waals surface area contributed by atoms with Crippen LogP contribution in [0.25, 0.3) is 5.69 Å². The molecule has 2 aromatic carbocycles. The molecule has 1 aliphatic heterocycles. The van der Waals surface area contributed by atoms with E-state index in [2.05, 4.69) is 10.2 Å². The molecule has 2 heterocycles. The number of hydrogen-bond acceptors (Lipinski definition) is 5. The second-order valence-corrected chi connectivity index (χ2v) is 8.58. The van der Waals surface area contributed by atoms with Crippen LogP contribution in [-0.4, -0.2) is 33.0 Å². The lowest BCUT2D eigenvalue weighted by molar-refractivity contribution is -0.146. The van der Waals surface area contributed by atoms with Crippen molar-refractivity contribution in [3.05, 3.63) is 69.8 Å². The second-order valence-electron chi connectivity index (χ2n) is 8.14. The summed E-state index contributed by atoms with van der Waals surface area (Å²) in [4.78, 5) is 11.6. The zero-order chi connectivity index (χ0) is 24.8. The Hall–Kier alpha value is -3.11. The number of carboxylic acid groups (broad SMARTS) is 1. The molecular formula is C23H21ClF3N3O4. The van der Waals surface area contributed by atoms with Gasteiger partial charge in [-0.3, -0.25) is 9.36 Å². The Morgan fingerprint density at radius 2 is 1.97 bits per heavy atom. The van der Waals surface area contributed by atoms with E-state index in [4.69, 9.17) is 21.1 Å². The zero-order valence-electron chi connectivity index (χ0n) is 18.4. The van der Waals surface area contributed by atoms with E-state index < -0.39 is 36.6 Å². The van der Waals surface area contributed by atoms with Gasteiger partial charge in [0.2, 0.25) is 5.82 Å². The predicted molar refractivity (Wildman–Crippen MR) is 116 cm³/mol. The number of rotatable bonds is 5. The van der Waals surface area contributed by atoms with Gasteiger partial charge in [-0.15, -0.1) is 10.2 Å². The fraction of sp³-hybridized carbons (Fsp3) is 0.348. The van der Waals surface area contributed by atoms with E-state index in [1.165, 1.54) is 25.3 Å². The molecule has 11 heteroatoms. The molecule has 4 rings (SSSR count). The van der Waals surface area contributed by atoms with E-state index in [1.54, 1.807) is 18.2 Å². The smallest absolute Gasteiger partial charge is 0.452 e. The molecule has 0 aliphatic carbocycles. The number of carbonyl (C=O) groups is 1. The van der Waals surface area contributed by atoms with Crippen molar-refractivity contribution >= 4 is 17.6 Å². The highest BCUT2D eigenvalue weighted by atomic mass is 35.5. The van der Waals surface area contributed by atoms with Crippen molar-refractivity contribution < 1.29 is 32.5 Å². The Morgan fingerprint density at radius 1 is 1.24 bits per heavy atom. The first kappa shape index (κ1) is 24.0. The summed E-state index contributed by atoms with van der Waals surface area (Å²) in [6, 6.07) is 9.69. The minimum absolute atomic E-state index is 0.0389. The minimum Gasteiger partial charge on any atom is -0.496 e. The molecule has 0 unspecified atom stereocenters. The molecule has 3 aromatic rings. The molecule has 34 heavy (non-hydrogen) atoms. The molecule has 1 aromatic heterocycles. The lowest BCUT2D eigenvalue weighted by atomic mass is 9.89. The maximum Gasteiger partial charge on any atom is 0.452 e. The molecule has 0 spiro atoms. The number of halogens is 4. The first-order valence-corrected chi connectivity index (χ1v) is 10.8. The van der Waals surface area contributed by atoms with Crippen molar-refractivity contribution in [1.29, 1.82) is 0 Å².